The summed E-state index contributed by atoms with van der Waals surface area (Å²) in [5.74, 6) is 0. The Kier molecular flexibility index (Phi) is 13.1. The average molecular weight is 1260 g/mol. The lowest BCUT2D eigenvalue weighted by Crippen LogP contribution is -2.74. The van der Waals surface area contributed by atoms with E-state index in [0.29, 0.717) is 0 Å². The van der Waals surface area contributed by atoms with Crippen LogP contribution in [0.1, 0.15) is 0 Å². The van der Waals surface area contributed by atoms with Crippen molar-refractivity contribution in [3.8, 4) is 33.9 Å². The first kappa shape index (κ1) is 55.6. The lowest BCUT2D eigenvalue weighted by atomic mass is 10.0. The summed E-state index contributed by atoms with van der Waals surface area (Å²) in [4.78, 5) is 0. The molecule has 0 unspecified atom stereocenters. The molecule has 5 aromatic heterocycles. The summed E-state index contributed by atoms with van der Waals surface area (Å²) in [6.45, 7) is 0. The normalized spacial score (nSPS) is 12.0. The van der Waals surface area contributed by atoms with Gasteiger partial charge in [0.25, 0.3) is 0 Å². The van der Waals surface area contributed by atoms with Gasteiger partial charge in [0.05, 0.1) is 44.1 Å². The van der Waals surface area contributed by atoms with Gasteiger partial charge >= 0.3 is 0 Å². The highest BCUT2D eigenvalue weighted by atomic mass is 32.1. The summed E-state index contributed by atoms with van der Waals surface area (Å²) in [5.41, 5.74) is 16.9. The van der Waals surface area contributed by atoms with Gasteiger partial charge in [-0.1, -0.05) is 249 Å². The maximum atomic E-state index is 2.48. The molecule has 0 atom stereocenters. The Balaban J connectivity index is 0.000000137. The summed E-state index contributed by atoms with van der Waals surface area (Å²) >= 11 is 1.93. The van der Waals surface area contributed by atoms with Crippen molar-refractivity contribution in [3.05, 3.63) is 364 Å². The van der Waals surface area contributed by atoms with E-state index in [1.807, 2.05) is 11.3 Å². The van der Waals surface area contributed by atoms with E-state index in [4.69, 9.17) is 0 Å². The van der Waals surface area contributed by atoms with Crippen LogP contribution in [-0.4, -0.2) is 26.3 Å². The van der Waals surface area contributed by atoms with Crippen molar-refractivity contribution in [1.82, 2.24) is 18.3 Å². The van der Waals surface area contributed by atoms with Crippen molar-refractivity contribution >= 4 is 148 Å². The fourth-order valence-corrected chi connectivity index (χ4v) is 22.4. The number of nitrogens with zero attached hydrogens (tertiary/aromatic N) is 4. The van der Waals surface area contributed by atoms with Gasteiger partial charge in [-0.2, -0.15) is 0 Å². The lowest BCUT2D eigenvalue weighted by molar-refractivity contribution is 1.17. The van der Waals surface area contributed by atoms with Gasteiger partial charge in [-0.25, -0.2) is 0 Å². The van der Waals surface area contributed by atoms with Gasteiger partial charge in [0.15, 0.2) is 8.07 Å². The fraction of sp³-hybridized carbons (Fsp3) is 0. The molecule has 0 saturated heterocycles. The van der Waals surface area contributed by atoms with Gasteiger partial charge in [-0.15, -0.1) is 11.3 Å². The number of para-hydroxylation sites is 7. The molecule has 15 aromatic carbocycles. The molecule has 0 spiro atoms. The second-order valence-corrected chi connectivity index (χ2v) is 29.9. The third-order valence-corrected chi connectivity index (χ3v) is 26.2. The second kappa shape index (κ2) is 22.6. The van der Waals surface area contributed by atoms with Crippen LogP contribution in [0.3, 0.4) is 0 Å². The van der Waals surface area contributed by atoms with Gasteiger partial charge in [-0.3, -0.25) is 0 Å². The van der Waals surface area contributed by atoms with Gasteiger partial charge in [0.1, 0.15) is 0 Å². The van der Waals surface area contributed by atoms with Crippen LogP contribution in [0.15, 0.2) is 364 Å². The molecule has 4 nitrogen and oxygen atoms in total. The van der Waals surface area contributed by atoms with E-state index in [1.165, 1.54) is 156 Å². The molecule has 0 saturated carbocycles. The molecule has 0 aliphatic carbocycles. The molecule has 0 N–H and O–H groups in total. The zero-order chi connectivity index (χ0) is 63.3. The Morgan fingerprint density at radius 2 is 0.521 bits per heavy atom. The van der Waals surface area contributed by atoms with Crippen LogP contribution in [0.4, 0.5) is 0 Å². The smallest absolute Gasteiger partial charge is 0.181 e. The molecule has 0 bridgehead atoms. The molecule has 0 aliphatic rings. The van der Waals surface area contributed by atoms with E-state index >= 15 is 0 Å². The molecule has 20 rings (SSSR count). The summed E-state index contributed by atoms with van der Waals surface area (Å²) in [5, 5.41) is 18.4. The molecule has 0 radical (unpaired) electrons. The molecule has 0 aliphatic heterocycles. The zero-order valence-electron chi connectivity index (χ0n) is 52.3. The number of fused-ring (bicyclic) bond motifs is 15. The first-order valence-corrected chi connectivity index (χ1v) is 35.8. The molecule has 5 heterocycles. The van der Waals surface area contributed by atoms with E-state index in [2.05, 4.69) is 382 Å². The van der Waals surface area contributed by atoms with Crippen LogP contribution >= 0.6 is 11.3 Å². The quantitative estimate of drug-likeness (QED) is 0.101. The van der Waals surface area contributed by atoms with E-state index in [-0.39, 0.29) is 0 Å². The fourth-order valence-electron chi connectivity index (χ4n) is 15.9. The van der Waals surface area contributed by atoms with Crippen LogP contribution < -0.4 is 20.7 Å². The zero-order valence-corrected chi connectivity index (χ0v) is 54.2. The summed E-state index contributed by atoms with van der Waals surface area (Å²) < 4.78 is 12.4. The number of benzene rings is 15. The van der Waals surface area contributed by atoms with Crippen molar-refractivity contribution in [2.45, 2.75) is 0 Å². The number of aromatic nitrogens is 4. The summed E-state index contributed by atoms with van der Waals surface area (Å²) in [6, 6.07) is 134. The number of thiophene rings is 1. The van der Waals surface area contributed by atoms with Crippen LogP contribution in [0.25, 0.3) is 141 Å². The predicted octanol–water partition coefficient (Wildman–Crippen LogP) is 21.2. The molecule has 0 amide bonds. The van der Waals surface area contributed by atoms with Crippen molar-refractivity contribution < 1.29 is 0 Å². The maximum Gasteiger partial charge on any atom is 0.181 e. The summed E-state index contributed by atoms with van der Waals surface area (Å²) in [6.07, 6.45) is 0. The van der Waals surface area contributed by atoms with E-state index < -0.39 is 8.07 Å². The van der Waals surface area contributed by atoms with Gasteiger partial charge < -0.3 is 18.3 Å². The number of hydrogen-bond acceptors (Lipinski definition) is 1. The van der Waals surface area contributed by atoms with Crippen molar-refractivity contribution in [2.75, 3.05) is 0 Å². The third-order valence-electron chi connectivity index (χ3n) is 20.0. The van der Waals surface area contributed by atoms with Crippen LogP contribution in [-0.2, 0) is 0 Å². The lowest BCUT2D eigenvalue weighted by Gasteiger charge is -2.35. The Bertz CT molecular complexity index is 6300. The SMILES string of the molecule is c1ccc(-n2c3ccccc3c3cc(-c4ccc5c(c4)c4ccccc4n5-c4ccc5c(c4)c4ccccc4n5-c4ccccc4)ccc32)cc1.c1ccc([Si](c2ccccc2)(c2cccc(-n3c4ccccc4c4ccccc43)c2)c2cccc3c2sc2ccccc23)cc1. The topological polar surface area (TPSA) is 19.7 Å². The van der Waals surface area contributed by atoms with E-state index in [1.54, 1.807) is 0 Å². The molecular weight excluding hydrogens is 1200 g/mol. The average Bonchev–Trinajstić information content (AvgIpc) is 1.19. The largest absolute Gasteiger partial charge is 0.309 e. The maximum absolute atomic E-state index is 2.81. The van der Waals surface area contributed by atoms with Crippen LogP contribution in [0.5, 0.6) is 0 Å². The van der Waals surface area contributed by atoms with E-state index in [0.717, 1.165) is 5.69 Å². The molecule has 20 aromatic rings. The van der Waals surface area contributed by atoms with Gasteiger partial charge in [0.2, 0.25) is 0 Å². The first-order chi connectivity index (χ1) is 47.7. The van der Waals surface area contributed by atoms with E-state index in [9.17, 15) is 0 Å². The predicted molar refractivity (Wildman–Crippen MR) is 412 cm³/mol. The number of rotatable bonds is 9. The van der Waals surface area contributed by atoms with Crippen LogP contribution in [0, 0.1) is 0 Å². The van der Waals surface area contributed by atoms with Crippen molar-refractivity contribution in [2.24, 2.45) is 0 Å². The van der Waals surface area contributed by atoms with Crippen molar-refractivity contribution in [3.63, 3.8) is 0 Å². The molecule has 96 heavy (non-hydrogen) atoms. The monoisotopic (exact) mass is 1260 g/mol. The Morgan fingerprint density at radius 3 is 1.00 bits per heavy atom. The first-order valence-electron chi connectivity index (χ1n) is 33.0. The second-order valence-electron chi connectivity index (χ2n) is 25.1. The minimum atomic E-state index is -2.81. The third kappa shape index (κ3) is 8.66. The highest BCUT2D eigenvalue weighted by Gasteiger charge is 2.43. The Labute approximate surface area is 559 Å². The molecular formula is C90H60N4SSi. The highest BCUT2D eigenvalue weighted by Crippen LogP contribution is 2.41. The number of hydrogen-bond donors (Lipinski definition) is 0. The van der Waals surface area contributed by atoms with Crippen LogP contribution in [0.2, 0.25) is 0 Å². The molecule has 6 heteroatoms. The van der Waals surface area contributed by atoms with Crippen molar-refractivity contribution in [1.29, 1.82) is 0 Å². The standard InChI is InChI=1S/C48H31N3.C42H29NSSi/c1-3-13-34(14-4-1)49-43-20-10-7-17-37(43)40-29-32(23-26-46(40)49)33-24-27-47-41(30-33)38-18-8-12-22-45(38)51(47)36-25-28-48-42(31-36)39-19-9-11-21-44(39)50(48)35-15-5-2-6-16-35;1-3-16-31(17-4-1)45(32-18-5-2-6-19-32,41-28-14-24-37-36-23-9-12-27-40(36)44-42(37)41)33-20-13-15-30(29-33)43-38-25-10-7-21-34(38)35-22-8-11-26-39(35)43/h1-31H;1-29H. The van der Waals surface area contributed by atoms with Gasteiger partial charge in [0, 0.05) is 86.0 Å². The van der Waals surface area contributed by atoms with Gasteiger partial charge in [-0.05, 0) is 147 Å². The Hall–Kier alpha value is -12.1. The highest BCUT2D eigenvalue weighted by molar-refractivity contribution is 7.30. The minimum absolute atomic E-state index is 1.16. The molecule has 0 fully saturated rings. The summed E-state index contributed by atoms with van der Waals surface area (Å²) in [7, 11) is -2.81. The minimum Gasteiger partial charge on any atom is -0.309 e. The molecule has 450 valence electrons. The Morgan fingerprint density at radius 1 is 0.198 bits per heavy atom.